The number of benzene rings is 3. The molecule has 12 nitrogen and oxygen atoms in total. The van der Waals surface area contributed by atoms with Crippen LogP contribution >= 0.6 is 0 Å². The van der Waals surface area contributed by atoms with E-state index in [-0.39, 0.29) is 29.0 Å². The molecule has 3 aromatic carbocycles. The van der Waals surface area contributed by atoms with Crippen LogP contribution < -0.4 is 24.8 Å². The van der Waals surface area contributed by atoms with Gasteiger partial charge in [0, 0.05) is 75.9 Å². The van der Waals surface area contributed by atoms with Crippen LogP contribution in [0.4, 0.5) is 21.7 Å². The molecule has 2 N–H and O–H groups in total. The summed E-state index contributed by atoms with van der Waals surface area (Å²) in [7, 11) is 3.64. The van der Waals surface area contributed by atoms with E-state index in [1.54, 1.807) is 29.2 Å². The third kappa shape index (κ3) is 10.7. The van der Waals surface area contributed by atoms with Crippen LogP contribution in [0.2, 0.25) is 0 Å². The van der Waals surface area contributed by atoms with Gasteiger partial charge in [-0.1, -0.05) is 24.3 Å². The highest BCUT2D eigenvalue weighted by Crippen LogP contribution is 2.35. The maximum atomic E-state index is 15.1. The van der Waals surface area contributed by atoms with Crippen molar-refractivity contribution in [3.8, 4) is 23.1 Å². The third-order valence-corrected chi connectivity index (χ3v) is 9.56. The van der Waals surface area contributed by atoms with Crippen molar-refractivity contribution < 1.29 is 28.2 Å². The number of para-hydroxylation sites is 1. The van der Waals surface area contributed by atoms with Crippen molar-refractivity contribution >= 4 is 29.1 Å². The number of hydrogen-bond acceptors (Lipinski definition) is 10. The molecule has 4 aromatic rings. The van der Waals surface area contributed by atoms with Gasteiger partial charge in [-0.3, -0.25) is 9.59 Å². The fourth-order valence-electron chi connectivity index (χ4n) is 6.26. The number of anilines is 3. The lowest BCUT2D eigenvalue weighted by Gasteiger charge is -2.32. The summed E-state index contributed by atoms with van der Waals surface area (Å²) >= 11 is 0. The van der Waals surface area contributed by atoms with Crippen LogP contribution in [-0.2, 0) is 11.2 Å². The molecule has 2 amide bonds. The zero-order valence-electron chi connectivity index (χ0n) is 32.2. The van der Waals surface area contributed by atoms with E-state index in [2.05, 4.69) is 37.4 Å². The van der Waals surface area contributed by atoms with Gasteiger partial charge >= 0.3 is 0 Å². The predicted molar refractivity (Wildman–Crippen MR) is 209 cm³/mol. The summed E-state index contributed by atoms with van der Waals surface area (Å²) in [5, 5.41) is 6.00. The van der Waals surface area contributed by atoms with Gasteiger partial charge in [0.1, 0.15) is 5.56 Å². The molecule has 0 radical (unpaired) electrons. The number of aryl methyl sites for hydroxylation is 3. The van der Waals surface area contributed by atoms with E-state index in [1.807, 2.05) is 52.0 Å². The molecule has 0 spiro atoms. The molecule has 1 fully saturated rings. The molecule has 2 heterocycles. The number of nitrogens with one attached hydrogen (secondary N) is 2. The van der Waals surface area contributed by atoms with Gasteiger partial charge < -0.3 is 39.5 Å². The number of ether oxygens (including phenoxy) is 3. The van der Waals surface area contributed by atoms with Gasteiger partial charge in [-0.25, -0.2) is 9.37 Å². The number of amides is 2. The average Bonchev–Trinajstić information content (AvgIpc) is 3.16. The minimum absolute atomic E-state index is 0.0419. The highest BCUT2D eigenvalue weighted by Gasteiger charge is 2.21. The molecule has 0 saturated carbocycles. The predicted octanol–water partition coefficient (Wildman–Crippen LogP) is 6.85. The lowest BCUT2D eigenvalue weighted by Crippen LogP contribution is -2.44. The zero-order chi connectivity index (χ0) is 38.6. The first-order chi connectivity index (χ1) is 26.1. The number of aromatic nitrogens is 2. The molecule has 288 valence electrons. The number of halogens is 1. The van der Waals surface area contributed by atoms with E-state index in [9.17, 15) is 9.59 Å². The minimum Gasteiger partial charge on any atom is -0.493 e. The molecule has 0 aliphatic carbocycles. The molecule has 1 aliphatic heterocycles. The Morgan fingerprint density at radius 2 is 1.67 bits per heavy atom. The zero-order valence-corrected chi connectivity index (χ0v) is 32.2. The summed E-state index contributed by atoms with van der Waals surface area (Å²) < 4.78 is 32.8. The Bertz CT molecular complexity index is 1880. The Labute approximate surface area is 317 Å². The molecule has 54 heavy (non-hydrogen) atoms. The summed E-state index contributed by atoms with van der Waals surface area (Å²) in [5.74, 6) is -0.00233. The maximum absolute atomic E-state index is 15.1. The van der Waals surface area contributed by atoms with Crippen molar-refractivity contribution in [3.63, 3.8) is 0 Å². The highest BCUT2D eigenvalue weighted by atomic mass is 19.1. The largest absolute Gasteiger partial charge is 0.493 e. The highest BCUT2D eigenvalue weighted by molar-refractivity contribution is 6.06. The number of rotatable bonds is 17. The second-order valence-corrected chi connectivity index (χ2v) is 13.4. The van der Waals surface area contributed by atoms with Gasteiger partial charge in [0.2, 0.25) is 17.7 Å². The van der Waals surface area contributed by atoms with Gasteiger partial charge in [0.05, 0.1) is 13.7 Å². The molecule has 0 atom stereocenters. The standard InChI is InChI=1S/C41H52FN7O5/c1-7-49(8-2)37(50)18-14-30-13-16-35(36(25-30)52-6)54-40-32(39(51)45-38-28(3)11-9-12-29(38)4)27-43-41(46-40)44-31-15-17-34(33(42)26-31)53-24-10-19-48-22-20-47(5)21-23-48/h9,11-13,15-17,25-27H,7-8,10,14,18-24H2,1-6H3,(H,45,51)(H,43,44,46). The van der Waals surface area contributed by atoms with Crippen LogP contribution in [0.5, 0.6) is 23.1 Å². The topological polar surface area (TPSA) is 121 Å². The number of methoxy groups -OCH3 is 1. The normalized spacial score (nSPS) is 13.3. The molecule has 0 bridgehead atoms. The Kier molecular flexibility index (Phi) is 14.2. The van der Waals surface area contributed by atoms with Crippen molar-refractivity contribution in [1.82, 2.24) is 24.7 Å². The van der Waals surface area contributed by atoms with E-state index < -0.39 is 11.7 Å². The third-order valence-electron chi connectivity index (χ3n) is 9.56. The number of piperazine rings is 1. The quantitative estimate of drug-likeness (QED) is 0.111. The Morgan fingerprint density at radius 3 is 2.35 bits per heavy atom. The molecular weight excluding hydrogens is 689 g/mol. The molecule has 0 unspecified atom stereocenters. The van der Waals surface area contributed by atoms with Crippen LogP contribution in [0.3, 0.4) is 0 Å². The van der Waals surface area contributed by atoms with E-state index >= 15 is 4.39 Å². The first kappa shape index (κ1) is 39.9. The van der Waals surface area contributed by atoms with Crippen LogP contribution in [-0.4, -0.2) is 103 Å². The van der Waals surface area contributed by atoms with Gasteiger partial charge in [0.25, 0.3) is 5.91 Å². The van der Waals surface area contributed by atoms with Crippen LogP contribution in [0.1, 0.15) is 53.7 Å². The van der Waals surface area contributed by atoms with Gasteiger partial charge in [-0.05, 0) is 88.5 Å². The Morgan fingerprint density at radius 1 is 0.944 bits per heavy atom. The monoisotopic (exact) mass is 741 g/mol. The van der Waals surface area contributed by atoms with Crippen molar-refractivity contribution in [2.75, 3.05) is 77.2 Å². The molecular formula is C41H52FN7O5. The van der Waals surface area contributed by atoms with Crippen molar-refractivity contribution in [3.05, 3.63) is 88.9 Å². The lowest BCUT2D eigenvalue weighted by atomic mass is 10.1. The van der Waals surface area contributed by atoms with Gasteiger partial charge in [0.15, 0.2) is 23.1 Å². The molecule has 5 rings (SSSR count). The molecule has 1 aliphatic rings. The van der Waals surface area contributed by atoms with E-state index in [0.29, 0.717) is 55.4 Å². The number of carbonyl (C=O) groups excluding carboxylic acids is 2. The summed E-state index contributed by atoms with van der Waals surface area (Å²) in [6, 6.07) is 15.7. The number of nitrogens with zero attached hydrogens (tertiary/aromatic N) is 5. The van der Waals surface area contributed by atoms with Crippen molar-refractivity contribution in [1.29, 1.82) is 0 Å². The minimum atomic E-state index is -0.524. The smallest absolute Gasteiger partial charge is 0.262 e. The van der Waals surface area contributed by atoms with Crippen LogP contribution in [0.25, 0.3) is 0 Å². The molecule has 13 heteroatoms. The number of carbonyl (C=O) groups is 2. The SMILES string of the molecule is CCN(CC)C(=O)CCc1ccc(Oc2nc(Nc3ccc(OCCCN4CCN(C)CC4)c(F)c3)ncc2C(=O)Nc2c(C)cccc2C)c(OC)c1. The summed E-state index contributed by atoms with van der Waals surface area (Å²) in [6.07, 6.45) is 3.04. The summed E-state index contributed by atoms with van der Waals surface area (Å²) in [4.78, 5) is 41.8. The van der Waals surface area contributed by atoms with E-state index in [0.717, 1.165) is 55.8 Å². The Hall–Kier alpha value is -5.27. The van der Waals surface area contributed by atoms with Gasteiger partial charge in [-0.2, -0.15) is 4.98 Å². The van der Waals surface area contributed by atoms with Crippen molar-refractivity contribution in [2.45, 2.75) is 47.0 Å². The number of hydrogen-bond donors (Lipinski definition) is 2. The molecule has 1 aromatic heterocycles. The second kappa shape index (κ2) is 19.2. The average molecular weight is 742 g/mol. The van der Waals surface area contributed by atoms with Crippen LogP contribution in [0, 0.1) is 19.7 Å². The fraction of sp³-hybridized carbons (Fsp3) is 0.415. The first-order valence-corrected chi connectivity index (χ1v) is 18.6. The summed E-state index contributed by atoms with van der Waals surface area (Å²) in [6.45, 7) is 14.5. The Balaban J connectivity index is 1.33. The van der Waals surface area contributed by atoms with Crippen LogP contribution in [0.15, 0.2) is 60.8 Å². The molecule has 1 saturated heterocycles. The summed E-state index contributed by atoms with van der Waals surface area (Å²) in [5.41, 5.74) is 3.82. The van der Waals surface area contributed by atoms with Gasteiger partial charge in [-0.15, -0.1) is 0 Å². The van der Waals surface area contributed by atoms with E-state index in [4.69, 9.17) is 14.2 Å². The van der Waals surface area contributed by atoms with Crippen molar-refractivity contribution in [2.24, 2.45) is 0 Å². The van der Waals surface area contributed by atoms with E-state index in [1.165, 1.54) is 19.4 Å². The first-order valence-electron chi connectivity index (χ1n) is 18.6. The fourth-order valence-corrected chi connectivity index (χ4v) is 6.26. The second-order valence-electron chi connectivity index (χ2n) is 13.4. The lowest BCUT2D eigenvalue weighted by molar-refractivity contribution is -0.130. The number of likely N-dealkylation sites (N-methyl/N-ethyl adjacent to an activating group) is 1. The maximum Gasteiger partial charge on any atom is 0.262 e.